The van der Waals surface area contributed by atoms with Gasteiger partial charge in [-0.1, -0.05) is 34.1 Å². The van der Waals surface area contributed by atoms with Crippen LogP contribution in [0.4, 0.5) is 10.1 Å². The molecular weight excluding hydrogens is 341 g/mol. The zero-order valence-corrected chi connectivity index (χ0v) is 12.9. The van der Waals surface area contributed by atoms with Crippen LogP contribution in [0, 0.1) is 22.9 Å². The second-order valence-corrected chi connectivity index (χ2v) is 5.12. The molecule has 110 valence electrons. The van der Waals surface area contributed by atoms with Gasteiger partial charge in [-0.3, -0.25) is 10.1 Å². The normalized spacial score (nSPS) is 10.4. The van der Waals surface area contributed by atoms with Crippen LogP contribution in [0.3, 0.4) is 0 Å². The number of non-ortho nitro benzene ring substituents is 1. The molecule has 0 fully saturated rings. The van der Waals surface area contributed by atoms with Gasteiger partial charge < -0.3 is 4.74 Å². The van der Waals surface area contributed by atoms with Crippen molar-refractivity contribution < 1.29 is 14.1 Å². The van der Waals surface area contributed by atoms with Gasteiger partial charge in [-0.25, -0.2) is 4.39 Å². The quantitative estimate of drug-likeness (QED) is 0.451. The average molecular weight is 354 g/mol. The molecule has 4 nitrogen and oxygen atoms in total. The molecular formula is C15H13BrFNO3. The number of ether oxygens (including phenoxy) is 1. The second kappa shape index (κ2) is 6.67. The minimum atomic E-state index is -0.645. The first kappa shape index (κ1) is 15.4. The highest BCUT2D eigenvalue weighted by molar-refractivity contribution is 9.08. The lowest BCUT2D eigenvalue weighted by molar-refractivity contribution is -0.385. The fraction of sp³-hybridized carbons (Fsp3) is 0.200. The summed E-state index contributed by atoms with van der Waals surface area (Å²) < 4.78 is 19.1. The van der Waals surface area contributed by atoms with Crippen LogP contribution in [0.25, 0.3) is 0 Å². The van der Waals surface area contributed by atoms with E-state index in [9.17, 15) is 14.5 Å². The maximum Gasteiger partial charge on any atom is 0.272 e. The minimum absolute atomic E-state index is 0.0729. The van der Waals surface area contributed by atoms with Crippen LogP contribution >= 0.6 is 15.9 Å². The summed E-state index contributed by atoms with van der Waals surface area (Å²) in [4.78, 5) is 10.1. The molecule has 0 amide bonds. The van der Waals surface area contributed by atoms with E-state index in [2.05, 4.69) is 15.9 Å². The molecule has 0 saturated heterocycles. The molecule has 0 atom stereocenters. The first-order valence-electron chi connectivity index (χ1n) is 6.22. The topological polar surface area (TPSA) is 52.4 Å². The first-order chi connectivity index (χ1) is 10.0. The smallest absolute Gasteiger partial charge is 0.272 e. The lowest BCUT2D eigenvalue weighted by Crippen LogP contribution is -2.01. The van der Waals surface area contributed by atoms with Gasteiger partial charge in [0.15, 0.2) is 0 Å². The fourth-order valence-electron chi connectivity index (χ4n) is 2.00. The van der Waals surface area contributed by atoms with Crippen LogP contribution in [-0.2, 0) is 11.9 Å². The Morgan fingerprint density at radius 3 is 2.76 bits per heavy atom. The predicted molar refractivity (Wildman–Crippen MR) is 81.2 cm³/mol. The summed E-state index contributed by atoms with van der Waals surface area (Å²) in [6, 6.07) is 9.20. The van der Waals surface area contributed by atoms with Gasteiger partial charge >= 0.3 is 0 Å². The molecule has 6 heteroatoms. The van der Waals surface area contributed by atoms with Crippen molar-refractivity contribution in [2.75, 3.05) is 0 Å². The van der Waals surface area contributed by atoms with Crippen molar-refractivity contribution >= 4 is 21.6 Å². The van der Waals surface area contributed by atoms with E-state index in [0.29, 0.717) is 16.6 Å². The van der Waals surface area contributed by atoms with E-state index < -0.39 is 10.7 Å². The number of nitro groups is 1. The monoisotopic (exact) mass is 353 g/mol. The number of halogens is 2. The summed E-state index contributed by atoms with van der Waals surface area (Å²) in [5.74, 6) is 0.0644. The van der Waals surface area contributed by atoms with Gasteiger partial charge in [-0.2, -0.15) is 0 Å². The van der Waals surface area contributed by atoms with E-state index >= 15 is 0 Å². The summed E-state index contributed by atoms with van der Waals surface area (Å²) >= 11 is 3.38. The molecule has 2 aromatic carbocycles. The largest absolute Gasteiger partial charge is 0.488 e. The van der Waals surface area contributed by atoms with Crippen molar-refractivity contribution in [3.05, 3.63) is 69.0 Å². The molecule has 0 aliphatic carbocycles. The number of benzene rings is 2. The lowest BCUT2D eigenvalue weighted by Gasteiger charge is -2.13. The third-order valence-electron chi connectivity index (χ3n) is 2.97. The number of hydrogen-bond donors (Lipinski definition) is 0. The van der Waals surface area contributed by atoms with E-state index in [0.717, 1.165) is 17.2 Å². The minimum Gasteiger partial charge on any atom is -0.488 e. The van der Waals surface area contributed by atoms with E-state index in [1.165, 1.54) is 12.1 Å². The Morgan fingerprint density at radius 2 is 2.10 bits per heavy atom. The molecule has 21 heavy (non-hydrogen) atoms. The molecule has 0 heterocycles. The van der Waals surface area contributed by atoms with E-state index in [4.69, 9.17) is 4.74 Å². The van der Waals surface area contributed by atoms with E-state index in [1.54, 1.807) is 0 Å². The van der Waals surface area contributed by atoms with Crippen LogP contribution in [0.1, 0.15) is 16.7 Å². The summed E-state index contributed by atoms with van der Waals surface area (Å²) in [5, 5.41) is 11.4. The molecule has 0 aliphatic rings. The number of nitrogens with zero attached hydrogens (tertiary/aromatic N) is 1. The molecule has 0 N–H and O–H groups in total. The highest BCUT2D eigenvalue weighted by atomic mass is 79.9. The third kappa shape index (κ3) is 3.78. The highest BCUT2D eigenvalue weighted by Crippen LogP contribution is 2.27. The van der Waals surface area contributed by atoms with Crippen molar-refractivity contribution in [1.82, 2.24) is 0 Å². The lowest BCUT2D eigenvalue weighted by atomic mass is 10.1. The fourth-order valence-corrected chi connectivity index (χ4v) is 2.44. The van der Waals surface area contributed by atoms with Gasteiger partial charge in [-0.05, 0) is 24.1 Å². The number of nitro benzene ring substituents is 1. The standard InChI is InChI=1S/C15H13BrFNO3/c1-10-3-2-4-12(8-16)15(10)21-9-11-5-13(17)7-14(6-11)18(19)20/h2-7H,8-9H2,1H3. The average Bonchev–Trinajstić information content (AvgIpc) is 2.45. The molecule has 0 bridgehead atoms. The molecule has 0 radical (unpaired) electrons. The molecule has 2 rings (SSSR count). The van der Waals surface area contributed by atoms with Gasteiger partial charge in [0.1, 0.15) is 18.2 Å². The van der Waals surface area contributed by atoms with E-state index in [1.807, 2.05) is 25.1 Å². The SMILES string of the molecule is Cc1cccc(CBr)c1OCc1cc(F)cc([N+](=O)[O-])c1. The van der Waals surface area contributed by atoms with Crippen molar-refractivity contribution in [2.45, 2.75) is 18.9 Å². The Labute approximate surface area is 129 Å². The van der Waals surface area contributed by atoms with Crippen molar-refractivity contribution in [3.63, 3.8) is 0 Å². The zero-order chi connectivity index (χ0) is 15.4. The Bertz CT molecular complexity index is 676. The number of alkyl halides is 1. The van der Waals surface area contributed by atoms with Gasteiger partial charge in [0.05, 0.1) is 11.0 Å². The number of aryl methyl sites for hydroxylation is 1. The summed E-state index contributed by atoms with van der Waals surface area (Å²) in [7, 11) is 0. The molecule has 0 aromatic heterocycles. The third-order valence-corrected chi connectivity index (χ3v) is 3.58. The maximum atomic E-state index is 13.4. The summed E-state index contributed by atoms with van der Waals surface area (Å²) in [5.41, 5.74) is 2.07. The van der Waals surface area contributed by atoms with Crippen LogP contribution in [0.15, 0.2) is 36.4 Å². The molecule has 0 saturated carbocycles. The second-order valence-electron chi connectivity index (χ2n) is 4.56. The zero-order valence-electron chi connectivity index (χ0n) is 11.3. The Morgan fingerprint density at radius 1 is 1.33 bits per heavy atom. The van der Waals surface area contributed by atoms with Gasteiger partial charge in [0.25, 0.3) is 5.69 Å². The van der Waals surface area contributed by atoms with Crippen molar-refractivity contribution in [2.24, 2.45) is 0 Å². The van der Waals surface area contributed by atoms with Crippen molar-refractivity contribution in [3.8, 4) is 5.75 Å². The molecule has 2 aromatic rings. The van der Waals surface area contributed by atoms with E-state index in [-0.39, 0.29) is 12.3 Å². The van der Waals surface area contributed by atoms with Gasteiger partial charge in [-0.15, -0.1) is 0 Å². The van der Waals surface area contributed by atoms with Crippen LogP contribution in [0.2, 0.25) is 0 Å². The van der Waals surface area contributed by atoms with Gasteiger partial charge in [0.2, 0.25) is 0 Å². The Kier molecular flexibility index (Phi) is 4.90. The van der Waals surface area contributed by atoms with Gasteiger partial charge in [0, 0.05) is 17.0 Å². The Hall–Kier alpha value is -1.95. The summed E-state index contributed by atoms with van der Waals surface area (Å²) in [6.07, 6.45) is 0. The Balaban J connectivity index is 2.23. The molecule has 0 aliphatic heterocycles. The van der Waals surface area contributed by atoms with Crippen LogP contribution in [-0.4, -0.2) is 4.92 Å². The van der Waals surface area contributed by atoms with Crippen LogP contribution < -0.4 is 4.74 Å². The maximum absolute atomic E-state index is 13.4. The molecule has 0 unspecified atom stereocenters. The number of hydrogen-bond acceptors (Lipinski definition) is 3. The highest BCUT2D eigenvalue weighted by Gasteiger charge is 2.11. The first-order valence-corrected chi connectivity index (χ1v) is 7.34. The van der Waals surface area contributed by atoms with Crippen molar-refractivity contribution in [1.29, 1.82) is 0 Å². The molecule has 0 spiro atoms. The number of rotatable bonds is 5. The summed E-state index contributed by atoms with van der Waals surface area (Å²) in [6.45, 7) is 1.99. The predicted octanol–water partition coefficient (Wildman–Crippen LogP) is 4.52. The van der Waals surface area contributed by atoms with Crippen LogP contribution in [0.5, 0.6) is 5.75 Å². The number of para-hydroxylation sites is 1.